The van der Waals surface area contributed by atoms with Gasteiger partial charge in [0.05, 0.1) is 0 Å². The Labute approximate surface area is 105 Å². The van der Waals surface area contributed by atoms with Gasteiger partial charge in [0.2, 0.25) is 0 Å². The summed E-state index contributed by atoms with van der Waals surface area (Å²) in [4.78, 5) is 0. The number of hydrogen-bond donors (Lipinski definition) is 1. The Hall–Kier alpha value is -1.07. The number of nitrogens with two attached hydrogens (primary N) is 1. The average Bonchev–Trinajstić information content (AvgIpc) is 2.28. The third-order valence-corrected chi connectivity index (χ3v) is 3.47. The van der Waals surface area contributed by atoms with Crippen LogP contribution in [0, 0.1) is 0 Å². The molecule has 0 heterocycles. The van der Waals surface area contributed by atoms with Crippen molar-refractivity contribution in [2.75, 3.05) is 0 Å². The Kier molecular flexibility index (Phi) is 3.14. The zero-order chi connectivity index (χ0) is 12.6. The first kappa shape index (κ1) is 12.4. The van der Waals surface area contributed by atoms with Gasteiger partial charge in [-0.05, 0) is 32.3 Å². The molecule has 0 saturated heterocycles. The largest absolute Gasteiger partial charge is 0.407 e. The van der Waals surface area contributed by atoms with Gasteiger partial charge in [-0.1, -0.05) is 36.4 Å². The lowest BCUT2D eigenvalue weighted by Crippen LogP contribution is -2.28. The summed E-state index contributed by atoms with van der Waals surface area (Å²) in [7, 11) is 0. The van der Waals surface area contributed by atoms with Crippen LogP contribution in [0.2, 0.25) is 0 Å². The van der Waals surface area contributed by atoms with Crippen molar-refractivity contribution >= 4 is 26.7 Å². The molecule has 2 aromatic rings. The molecule has 17 heavy (non-hydrogen) atoms. The lowest BCUT2D eigenvalue weighted by molar-refractivity contribution is -0.149. The second-order valence-corrected chi connectivity index (χ2v) is 4.50. The minimum atomic E-state index is -4.44. The monoisotopic (exact) mass is 303 g/mol. The molecular formula is C12H9BrF3N. The Balaban J connectivity index is 2.61. The van der Waals surface area contributed by atoms with Gasteiger partial charge in [-0.3, -0.25) is 0 Å². The average molecular weight is 304 g/mol. The topological polar surface area (TPSA) is 26.0 Å². The summed E-state index contributed by atoms with van der Waals surface area (Å²) >= 11 is 3.19. The van der Waals surface area contributed by atoms with Crippen LogP contribution in [0.15, 0.2) is 40.9 Å². The van der Waals surface area contributed by atoms with Crippen LogP contribution in [0.25, 0.3) is 10.8 Å². The predicted molar refractivity (Wildman–Crippen MR) is 64.6 cm³/mol. The first-order chi connectivity index (χ1) is 7.91. The van der Waals surface area contributed by atoms with Crippen molar-refractivity contribution in [3.8, 4) is 0 Å². The van der Waals surface area contributed by atoms with E-state index in [4.69, 9.17) is 5.73 Å². The summed E-state index contributed by atoms with van der Waals surface area (Å²) in [6.45, 7) is 0. The predicted octanol–water partition coefficient (Wildman–Crippen LogP) is 4.16. The molecule has 0 unspecified atom stereocenters. The molecule has 0 radical (unpaired) electrons. The van der Waals surface area contributed by atoms with Crippen molar-refractivity contribution in [3.63, 3.8) is 0 Å². The smallest absolute Gasteiger partial charge is 0.316 e. The maximum atomic E-state index is 12.6. The lowest BCUT2D eigenvalue weighted by Gasteiger charge is -2.18. The van der Waals surface area contributed by atoms with E-state index in [1.807, 2.05) is 12.1 Å². The number of hydrogen-bond acceptors (Lipinski definition) is 1. The highest BCUT2D eigenvalue weighted by atomic mass is 79.9. The maximum absolute atomic E-state index is 12.6. The van der Waals surface area contributed by atoms with E-state index < -0.39 is 12.2 Å². The molecule has 0 spiro atoms. The highest BCUT2D eigenvalue weighted by Gasteiger charge is 2.38. The van der Waals surface area contributed by atoms with Gasteiger partial charge in [0, 0.05) is 4.47 Å². The van der Waals surface area contributed by atoms with Gasteiger partial charge >= 0.3 is 6.18 Å². The molecule has 1 atom stereocenters. The molecule has 5 heteroatoms. The van der Waals surface area contributed by atoms with E-state index in [2.05, 4.69) is 15.9 Å². The van der Waals surface area contributed by atoms with E-state index in [0.29, 0.717) is 4.47 Å². The molecule has 0 bridgehead atoms. The molecule has 2 aromatic carbocycles. The molecule has 0 amide bonds. The van der Waals surface area contributed by atoms with Crippen LogP contribution < -0.4 is 5.73 Å². The van der Waals surface area contributed by atoms with Crippen molar-refractivity contribution < 1.29 is 13.2 Å². The van der Waals surface area contributed by atoms with E-state index in [-0.39, 0.29) is 5.56 Å². The minimum Gasteiger partial charge on any atom is -0.316 e. The quantitative estimate of drug-likeness (QED) is 0.841. The lowest BCUT2D eigenvalue weighted by atomic mass is 10.0. The molecule has 0 fully saturated rings. The Morgan fingerprint density at radius 3 is 2.35 bits per heavy atom. The fourth-order valence-corrected chi connectivity index (χ4v) is 2.41. The van der Waals surface area contributed by atoms with E-state index in [0.717, 1.165) is 10.8 Å². The van der Waals surface area contributed by atoms with E-state index in [1.54, 1.807) is 18.2 Å². The molecule has 0 aliphatic rings. The van der Waals surface area contributed by atoms with Crippen molar-refractivity contribution in [1.29, 1.82) is 0 Å². The van der Waals surface area contributed by atoms with Gasteiger partial charge in [0.1, 0.15) is 6.04 Å². The van der Waals surface area contributed by atoms with E-state index >= 15 is 0 Å². The molecule has 0 aromatic heterocycles. The van der Waals surface area contributed by atoms with Crippen LogP contribution in [0.4, 0.5) is 13.2 Å². The second kappa shape index (κ2) is 4.31. The molecule has 2 N–H and O–H groups in total. The number of benzene rings is 2. The highest BCUT2D eigenvalue weighted by molar-refractivity contribution is 9.10. The second-order valence-electron chi connectivity index (χ2n) is 3.71. The third kappa shape index (κ3) is 2.30. The van der Waals surface area contributed by atoms with Crippen LogP contribution in [-0.4, -0.2) is 6.18 Å². The Morgan fingerprint density at radius 1 is 1.06 bits per heavy atom. The molecular weight excluding hydrogens is 295 g/mol. The molecule has 0 aliphatic heterocycles. The minimum absolute atomic E-state index is 0.0520. The van der Waals surface area contributed by atoms with Crippen molar-refractivity contribution in [3.05, 3.63) is 46.4 Å². The maximum Gasteiger partial charge on any atom is 0.407 e. The van der Waals surface area contributed by atoms with Gasteiger partial charge < -0.3 is 5.73 Å². The summed E-state index contributed by atoms with van der Waals surface area (Å²) < 4.78 is 38.1. The zero-order valence-corrected chi connectivity index (χ0v) is 10.2. The van der Waals surface area contributed by atoms with E-state index in [9.17, 15) is 13.2 Å². The van der Waals surface area contributed by atoms with Crippen molar-refractivity contribution in [1.82, 2.24) is 0 Å². The first-order valence-corrected chi connectivity index (χ1v) is 5.70. The summed E-state index contributed by atoms with van der Waals surface area (Å²) in [5.41, 5.74) is 5.26. The summed E-state index contributed by atoms with van der Waals surface area (Å²) in [6, 6.07) is 8.27. The Morgan fingerprint density at radius 2 is 1.71 bits per heavy atom. The molecule has 0 aliphatic carbocycles. The third-order valence-electron chi connectivity index (χ3n) is 2.58. The van der Waals surface area contributed by atoms with Crippen molar-refractivity contribution in [2.45, 2.75) is 12.2 Å². The van der Waals surface area contributed by atoms with Gasteiger partial charge in [-0.15, -0.1) is 0 Å². The SMILES string of the molecule is N[C@H](c1ccc2ccccc2c1Br)C(F)(F)F. The standard InChI is InChI=1S/C12H9BrF3N/c13-10-8-4-2-1-3-7(8)5-6-9(10)11(17)12(14,15)16/h1-6,11H,17H2/t11-/m1/s1. The number of fused-ring (bicyclic) bond motifs is 1. The first-order valence-electron chi connectivity index (χ1n) is 4.90. The van der Waals surface area contributed by atoms with Crippen LogP contribution in [0.3, 0.4) is 0 Å². The fraction of sp³-hybridized carbons (Fsp3) is 0.167. The molecule has 1 nitrogen and oxygen atoms in total. The van der Waals surface area contributed by atoms with Gasteiger partial charge in [-0.25, -0.2) is 0 Å². The van der Waals surface area contributed by atoms with E-state index in [1.165, 1.54) is 6.07 Å². The highest BCUT2D eigenvalue weighted by Crippen LogP contribution is 2.37. The molecule has 0 saturated carbocycles. The summed E-state index contributed by atoms with van der Waals surface area (Å²) in [6.07, 6.45) is -4.44. The molecule has 2 rings (SSSR count). The number of alkyl halides is 3. The summed E-state index contributed by atoms with van der Waals surface area (Å²) in [5.74, 6) is 0. The normalized spacial score (nSPS) is 13.9. The van der Waals surface area contributed by atoms with Gasteiger partial charge in [0.25, 0.3) is 0 Å². The van der Waals surface area contributed by atoms with Gasteiger partial charge in [-0.2, -0.15) is 13.2 Å². The van der Waals surface area contributed by atoms with Crippen LogP contribution >= 0.6 is 15.9 Å². The fourth-order valence-electron chi connectivity index (χ4n) is 1.67. The summed E-state index contributed by atoms with van der Waals surface area (Å²) in [5, 5.41) is 1.60. The van der Waals surface area contributed by atoms with Crippen LogP contribution in [0.1, 0.15) is 11.6 Å². The number of halogens is 4. The van der Waals surface area contributed by atoms with Gasteiger partial charge in [0.15, 0.2) is 0 Å². The van der Waals surface area contributed by atoms with Crippen LogP contribution in [0.5, 0.6) is 0 Å². The Bertz CT molecular complexity index is 551. The number of rotatable bonds is 1. The van der Waals surface area contributed by atoms with Crippen LogP contribution in [-0.2, 0) is 0 Å². The zero-order valence-electron chi connectivity index (χ0n) is 8.63. The van der Waals surface area contributed by atoms with Crippen molar-refractivity contribution in [2.24, 2.45) is 5.73 Å². The molecule has 90 valence electrons.